The summed E-state index contributed by atoms with van der Waals surface area (Å²) in [6, 6.07) is 3.15. The van der Waals surface area contributed by atoms with Crippen LogP contribution in [0.2, 0.25) is 0 Å². The summed E-state index contributed by atoms with van der Waals surface area (Å²) in [5.41, 5.74) is -1.13. The zero-order valence-electron chi connectivity index (χ0n) is 14.5. The third-order valence-corrected chi connectivity index (χ3v) is 5.82. The third kappa shape index (κ3) is 7.41. The number of alkyl halides is 3. The Labute approximate surface area is 159 Å². The van der Waals surface area contributed by atoms with Crippen LogP contribution < -0.4 is 4.72 Å². The Balaban J connectivity index is 2.10. The molecule has 0 radical (unpaired) electrons. The van der Waals surface area contributed by atoms with Gasteiger partial charge in [0.2, 0.25) is 10.0 Å². The minimum Gasteiger partial charge on any atom is -0.379 e. The highest BCUT2D eigenvalue weighted by Gasteiger charge is 2.32. The number of rotatable bonds is 8. The van der Waals surface area contributed by atoms with E-state index in [0.29, 0.717) is 32.4 Å². The summed E-state index contributed by atoms with van der Waals surface area (Å²) in [5, 5.41) is 0. The normalized spacial score (nSPS) is 18.2. The SMILES string of the molecule is O=P(O)(O)OC(CNS(=O)(=O)c1cccc(C(F)(F)F)c1)CN1CCOCC1. The van der Waals surface area contributed by atoms with Crippen molar-refractivity contribution in [3.8, 4) is 0 Å². The van der Waals surface area contributed by atoms with Crippen LogP contribution in [0, 0.1) is 0 Å². The third-order valence-electron chi connectivity index (χ3n) is 3.82. The van der Waals surface area contributed by atoms with Gasteiger partial charge in [0.05, 0.1) is 29.8 Å². The fourth-order valence-electron chi connectivity index (χ4n) is 2.53. The van der Waals surface area contributed by atoms with E-state index in [1.165, 1.54) is 0 Å². The molecule has 9 nitrogen and oxygen atoms in total. The molecule has 1 saturated heterocycles. The Morgan fingerprint density at radius 1 is 1.29 bits per heavy atom. The summed E-state index contributed by atoms with van der Waals surface area (Å²) in [4.78, 5) is 19.2. The quantitative estimate of drug-likeness (QED) is 0.499. The number of phosphoric ester groups is 1. The highest BCUT2D eigenvalue weighted by atomic mass is 32.2. The second-order valence-corrected chi connectivity index (χ2v) is 8.97. The summed E-state index contributed by atoms with van der Waals surface area (Å²) in [6.07, 6.45) is -5.94. The van der Waals surface area contributed by atoms with Crippen molar-refractivity contribution in [1.29, 1.82) is 0 Å². The van der Waals surface area contributed by atoms with Crippen molar-refractivity contribution in [1.82, 2.24) is 9.62 Å². The standard InChI is InChI=1S/C14H20F3N2O7PS/c15-14(16,17)11-2-1-3-13(8-11)28(23,24)18-9-12(26-27(20,21)22)10-19-4-6-25-7-5-19/h1-3,8,12,18H,4-7,9-10H2,(H2,20,21,22). The Morgan fingerprint density at radius 2 is 1.93 bits per heavy atom. The number of benzene rings is 1. The number of hydrogen-bond acceptors (Lipinski definition) is 6. The molecule has 160 valence electrons. The Bertz CT molecular complexity index is 809. The molecular weight excluding hydrogens is 428 g/mol. The van der Waals surface area contributed by atoms with Crippen molar-refractivity contribution in [3.63, 3.8) is 0 Å². The van der Waals surface area contributed by atoms with Gasteiger partial charge >= 0.3 is 14.0 Å². The molecule has 1 aliphatic heterocycles. The van der Waals surface area contributed by atoms with Crippen molar-refractivity contribution >= 4 is 17.8 Å². The largest absolute Gasteiger partial charge is 0.469 e. The molecule has 28 heavy (non-hydrogen) atoms. The van der Waals surface area contributed by atoms with Gasteiger partial charge in [-0.2, -0.15) is 13.2 Å². The molecule has 1 unspecified atom stereocenters. The first-order valence-electron chi connectivity index (χ1n) is 8.08. The molecule has 0 aliphatic carbocycles. The Morgan fingerprint density at radius 3 is 2.50 bits per heavy atom. The monoisotopic (exact) mass is 448 g/mol. The van der Waals surface area contributed by atoms with Crippen LogP contribution in [0.4, 0.5) is 13.2 Å². The molecule has 0 saturated carbocycles. The van der Waals surface area contributed by atoms with Gasteiger partial charge in [0.25, 0.3) is 0 Å². The molecule has 2 rings (SSSR count). The molecule has 0 amide bonds. The van der Waals surface area contributed by atoms with Crippen LogP contribution in [0.5, 0.6) is 0 Å². The first-order valence-corrected chi connectivity index (χ1v) is 11.1. The Kier molecular flexibility index (Phi) is 7.62. The van der Waals surface area contributed by atoms with Crippen LogP contribution in [0.15, 0.2) is 29.2 Å². The van der Waals surface area contributed by atoms with Gasteiger partial charge in [-0.15, -0.1) is 0 Å². The van der Waals surface area contributed by atoms with Gasteiger partial charge in [0, 0.05) is 26.2 Å². The summed E-state index contributed by atoms with van der Waals surface area (Å²) < 4.78 is 85.9. The molecule has 1 fully saturated rings. The van der Waals surface area contributed by atoms with E-state index in [1.54, 1.807) is 4.90 Å². The van der Waals surface area contributed by atoms with Gasteiger partial charge < -0.3 is 14.5 Å². The van der Waals surface area contributed by atoms with Crippen LogP contribution >= 0.6 is 7.82 Å². The van der Waals surface area contributed by atoms with Crippen LogP contribution in [-0.2, 0) is 30.0 Å². The molecule has 1 aromatic rings. The topological polar surface area (TPSA) is 125 Å². The van der Waals surface area contributed by atoms with Gasteiger partial charge in [-0.05, 0) is 18.2 Å². The van der Waals surface area contributed by atoms with E-state index in [2.05, 4.69) is 4.52 Å². The van der Waals surface area contributed by atoms with E-state index >= 15 is 0 Å². The van der Waals surface area contributed by atoms with E-state index in [9.17, 15) is 26.2 Å². The van der Waals surface area contributed by atoms with Gasteiger partial charge in [-0.25, -0.2) is 17.7 Å². The van der Waals surface area contributed by atoms with Gasteiger partial charge in [-0.1, -0.05) is 6.07 Å². The number of sulfonamides is 1. The average Bonchev–Trinajstić information content (AvgIpc) is 2.59. The van der Waals surface area contributed by atoms with Gasteiger partial charge in [0.15, 0.2) is 0 Å². The molecule has 1 heterocycles. The van der Waals surface area contributed by atoms with Gasteiger partial charge in [-0.3, -0.25) is 9.42 Å². The van der Waals surface area contributed by atoms with E-state index < -0.39 is 47.1 Å². The molecule has 0 bridgehead atoms. The lowest BCUT2D eigenvalue weighted by Gasteiger charge is -2.30. The summed E-state index contributed by atoms with van der Waals surface area (Å²) in [5.74, 6) is 0. The predicted molar refractivity (Wildman–Crippen MR) is 90.8 cm³/mol. The number of hydrogen-bond donors (Lipinski definition) is 3. The summed E-state index contributed by atoms with van der Waals surface area (Å²) in [6.45, 7) is 1.18. The maximum atomic E-state index is 12.8. The average molecular weight is 448 g/mol. The van der Waals surface area contributed by atoms with Crippen LogP contribution in [0.1, 0.15) is 5.56 Å². The lowest BCUT2D eigenvalue weighted by Crippen LogP contribution is -2.45. The smallest absolute Gasteiger partial charge is 0.379 e. The maximum Gasteiger partial charge on any atom is 0.469 e. The maximum absolute atomic E-state index is 12.8. The molecule has 0 aromatic heterocycles. The first-order chi connectivity index (χ1) is 12.9. The number of morpholine rings is 1. The minimum absolute atomic E-state index is 0.000416. The number of nitrogens with zero attached hydrogens (tertiary/aromatic N) is 1. The highest BCUT2D eigenvalue weighted by molar-refractivity contribution is 7.89. The first kappa shape index (κ1) is 23.2. The number of ether oxygens (including phenoxy) is 1. The summed E-state index contributed by atoms with van der Waals surface area (Å²) >= 11 is 0. The predicted octanol–water partition coefficient (Wildman–Crippen LogP) is 0.794. The number of phosphoric acid groups is 1. The van der Waals surface area contributed by atoms with Crippen molar-refractivity contribution < 1.29 is 45.2 Å². The zero-order valence-corrected chi connectivity index (χ0v) is 16.2. The van der Waals surface area contributed by atoms with Gasteiger partial charge in [0.1, 0.15) is 0 Å². The second-order valence-electron chi connectivity index (χ2n) is 6.01. The fourth-order valence-corrected chi connectivity index (χ4v) is 4.17. The van der Waals surface area contributed by atoms with Crippen LogP contribution in [-0.4, -0.2) is 68.6 Å². The number of halogens is 3. The zero-order chi connectivity index (χ0) is 21.0. The second kappa shape index (κ2) is 9.18. The van der Waals surface area contributed by atoms with E-state index in [1.807, 2.05) is 4.72 Å². The number of nitrogens with one attached hydrogen (secondary N) is 1. The van der Waals surface area contributed by atoms with Crippen molar-refractivity contribution in [2.75, 3.05) is 39.4 Å². The van der Waals surface area contributed by atoms with Crippen molar-refractivity contribution in [3.05, 3.63) is 29.8 Å². The van der Waals surface area contributed by atoms with Crippen LogP contribution in [0.3, 0.4) is 0 Å². The molecular formula is C14H20F3N2O7PS. The lowest BCUT2D eigenvalue weighted by atomic mass is 10.2. The Hall–Kier alpha value is -1.05. The van der Waals surface area contributed by atoms with Crippen molar-refractivity contribution in [2.45, 2.75) is 17.2 Å². The minimum atomic E-state index is -4.91. The van der Waals surface area contributed by atoms with Crippen molar-refractivity contribution in [2.24, 2.45) is 0 Å². The van der Waals surface area contributed by atoms with E-state index in [0.717, 1.165) is 18.2 Å². The fraction of sp³-hybridized carbons (Fsp3) is 0.571. The van der Waals surface area contributed by atoms with E-state index in [4.69, 9.17) is 14.5 Å². The summed E-state index contributed by atoms with van der Waals surface area (Å²) in [7, 11) is -9.28. The molecule has 1 atom stereocenters. The molecule has 1 aromatic carbocycles. The molecule has 1 aliphatic rings. The highest BCUT2D eigenvalue weighted by Crippen LogP contribution is 2.37. The lowest BCUT2D eigenvalue weighted by molar-refractivity contribution is -0.137. The van der Waals surface area contributed by atoms with Crippen LogP contribution in [0.25, 0.3) is 0 Å². The molecule has 14 heteroatoms. The molecule has 3 N–H and O–H groups in total. The molecule has 0 spiro atoms. The van der Waals surface area contributed by atoms with E-state index in [-0.39, 0.29) is 6.54 Å².